The summed E-state index contributed by atoms with van der Waals surface area (Å²) in [7, 11) is 0. The van der Waals surface area contributed by atoms with Crippen LogP contribution >= 0.6 is 0 Å². The van der Waals surface area contributed by atoms with Crippen molar-refractivity contribution in [2.45, 2.75) is 66.5 Å². The van der Waals surface area contributed by atoms with E-state index in [9.17, 15) is 0 Å². The first-order valence-electron chi connectivity index (χ1n) is 6.62. The summed E-state index contributed by atoms with van der Waals surface area (Å²) in [5.74, 6) is 2.14. The molecular weight excluding hydrogens is 212 g/mol. The van der Waals surface area contributed by atoms with E-state index in [1.54, 1.807) is 0 Å². The molecule has 3 heteroatoms. The van der Waals surface area contributed by atoms with Gasteiger partial charge in [-0.05, 0) is 11.8 Å². The zero-order valence-electron chi connectivity index (χ0n) is 12.0. The highest BCUT2D eigenvalue weighted by molar-refractivity contribution is 5.26. The van der Waals surface area contributed by atoms with Crippen molar-refractivity contribution < 1.29 is 4.52 Å². The van der Waals surface area contributed by atoms with Crippen molar-refractivity contribution >= 4 is 0 Å². The van der Waals surface area contributed by atoms with Crippen LogP contribution in [-0.2, 0) is 13.0 Å². The van der Waals surface area contributed by atoms with Crippen molar-refractivity contribution in [3.8, 4) is 0 Å². The Kier molecular flexibility index (Phi) is 5.19. The van der Waals surface area contributed by atoms with Gasteiger partial charge in [0.2, 0.25) is 0 Å². The van der Waals surface area contributed by atoms with E-state index in [1.807, 2.05) is 0 Å². The molecule has 0 saturated carbocycles. The van der Waals surface area contributed by atoms with Gasteiger partial charge in [-0.15, -0.1) is 0 Å². The Morgan fingerprint density at radius 2 is 1.76 bits per heavy atom. The molecule has 0 aromatic carbocycles. The normalized spacial score (nSPS) is 12.1. The van der Waals surface area contributed by atoms with Crippen LogP contribution in [0.5, 0.6) is 0 Å². The van der Waals surface area contributed by atoms with Gasteiger partial charge >= 0.3 is 0 Å². The lowest BCUT2D eigenvalue weighted by molar-refractivity contribution is 0.359. The largest absolute Gasteiger partial charge is 0.361 e. The van der Waals surface area contributed by atoms with Crippen molar-refractivity contribution in [2.75, 3.05) is 0 Å². The molecule has 1 aromatic rings. The summed E-state index contributed by atoms with van der Waals surface area (Å²) in [6.45, 7) is 13.9. The highest BCUT2D eigenvalue weighted by atomic mass is 16.5. The average Bonchev–Trinajstić information content (AvgIpc) is 2.56. The van der Waals surface area contributed by atoms with Gasteiger partial charge in [0, 0.05) is 24.6 Å². The zero-order valence-corrected chi connectivity index (χ0v) is 12.0. The summed E-state index contributed by atoms with van der Waals surface area (Å²) in [5, 5.41) is 7.63. The summed E-state index contributed by atoms with van der Waals surface area (Å²) >= 11 is 0. The predicted octanol–water partition coefficient (Wildman–Crippen LogP) is 3.49. The van der Waals surface area contributed by atoms with Crippen LogP contribution in [0.25, 0.3) is 0 Å². The van der Waals surface area contributed by atoms with Gasteiger partial charge in [-0.1, -0.05) is 46.7 Å². The molecule has 0 aliphatic heterocycles. The second kappa shape index (κ2) is 6.20. The SMILES string of the molecule is CC(C)Cc1onc(CNC(C)C)c1C(C)C. The molecule has 0 saturated heterocycles. The van der Waals surface area contributed by atoms with E-state index in [4.69, 9.17) is 4.52 Å². The smallest absolute Gasteiger partial charge is 0.140 e. The quantitative estimate of drug-likeness (QED) is 0.824. The Hall–Kier alpha value is -0.830. The zero-order chi connectivity index (χ0) is 13.0. The lowest BCUT2D eigenvalue weighted by Crippen LogP contribution is -2.22. The molecule has 17 heavy (non-hydrogen) atoms. The van der Waals surface area contributed by atoms with Crippen LogP contribution in [0.2, 0.25) is 0 Å². The van der Waals surface area contributed by atoms with Gasteiger partial charge in [-0.25, -0.2) is 0 Å². The molecule has 98 valence electrons. The second-order valence-corrected chi connectivity index (χ2v) is 5.75. The van der Waals surface area contributed by atoms with E-state index >= 15 is 0 Å². The van der Waals surface area contributed by atoms with Crippen molar-refractivity contribution in [3.63, 3.8) is 0 Å². The maximum atomic E-state index is 5.51. The van der Waals surface area contributed by atoms with Crippen molar-refractivity contribution in [1.29, 1.82) is 0 Å². The Morgan fingerprint density at radius 3 is 2.24 bits per heavy atom. The molecule has 0 fully saturated rings. The molecule has 1 heterocycles. The monoisotopic (exact) mass is 238 g/mol. The van der Waals surface area contributed by atoms with Gasteiger partial charge in [0.15, 0.2) is 0 Å². The molecule has 0 bridgehead atoms. The number of aromatic nitrogens is 1. The highest BCUT2D eigenvalue weighted by Gasteiger charge is 2.19. The van der Waals surface area contributed by atoms with Crippen molar-refractivity contribution in [2.24, 2.45) is 5.92 Å². The van der Waals surface area contributed by atoms with Gasteiger partial charge in [-0.2, -0.15) is 0 Å². The maximum Gasteiger partial charge on any atom is 0.140 e. The predicted molar refractivity (Wildman–Crippen MR) is 71.1 cm³/mol. The summed E-state index contributed by atoms with van der Waals surface area (Å²) < 4.78 is 5.51. The number of nitrogens with one attached hydrogen (secondary N) is 1. The number of hydrogen-bond donors (Lipinski definition) is 1. The van der Waals surface area contributed by atoms with E-state index < -0.39 is 0 Å². The van der Waals surface area contributed by atoms with Crippen LogP contribution in [0, 0.1) is 5.92 Å². The molecule has 1 aromatic heterocycles. The number of hydrogen-bond acceptors (Lipinski definition) is 3. The average molecular weight is 238 g/mol. The van der Waals surface area contributed by atoms with Gasteiger partial charge in [0.1, 0.15) is 11.5 Å². The lowest BCUT2D eigenvalue weighted by atomic mass is 9.96. The van der Waals surface area contributed by atoms with E-state index in [1.165, 1.54) is 5.56 Å². The third-order valence-corrected chi connectivity index (χ3v) is 2.73. The molecule has 0 atom stereocenters. The molecule has 0 spiro atoms. The van der Waals surface area contributed by atoms with Gasteiger partial charge in [-0.3, -0.25) is 0 Å². The van der Waals surface area contributed by atoms with E-state index in [0.29, 0.717) is 17.9 Å². The minimum absolute atomic E-state index is 0.471. The molecule has 0 unspecified atom stereocenters. The van der Waals surface area contributed by atoms with Gasteiger partial charge < -0.3 is 9.84 Å². The first kappa shape index (κ1) is 14.2. The lowest BCUT2D eigenvalue weighted by Gasteiger charge is -2.10. The Morgan fingerprint density at radius 1 is 1.12 bits per heavy atom. The summed E-state index contributed by atoms with van der Waals surface area (Å²) in [6.07, 6.45) is 0.974. The highest BCUT2D eigenvalue weighted by Crippen LogP contribution is 2.25. The van der Waals surface area contributed by atoms with Crippen LogP contribution < -0.4 is 5.32 Å². The van der Waals surface area contributed by atoms with Crippen molar-refractivity contribution in [3.05, 3.63) is 17.0 Å². The topological polar surface area (TPSA) is 38.1 Å². The third kappa shape index (κ3) is 4.15. The minimum Gasteiger partial charge on any atom is -0.361 e. The molecular formula is C14H26N2O. The molecule has 0 aliphatic rings. The molecule has 0 aliphatic carbocycles. The van der Waals surface area contributed by atoms with Gasteiger partial charge in [0.25, 0.3) is 0 Å². The van der Waals surface area contributed by atoms with E-state index in [2.05, 4.69) is 52.0 Å². The maximum absolute atomic E-state index is 5.51. The van der Waals surface area contributed by atoms with Crippen molar-refractivity contribution in [1.82, 2.24) is 10.5 Å². The number of rotatable bonds is 6. The fourth-order valence-corrected chi connectivity index (χ4v) is 1.97. The Labute approximate surface area is 105 Å². The fraction of sp³-hybridized carbons (Fsp3) is 0.786. The van der Waals surface area contributed by atoms with Crippen LogP contribution in [0.3, 0.4) is 0 Å². The molecule has 1 N–H and O–H groups in total. The first-order valence-corrected chi connectivity index (χ1v) is 6.62. The molecule has 0 amide bonds. The Bertz CT molecular complexity index is 340. The minimum atomic E-state index is 0.471. The van der Waals surface area contributed by atoms with Crippen LogP contribution in [-0.4, -0.2) is 11.2 Å². The summed E-state index contributed by atoms with van der Waals surface area (Å²) in [4.78, 5) is 0. The van der Waals surface area contributed by atoms with E-state index in [0.717, 1.165) is 24.4 Å². The van der Waals surface area contributed by atoms with Gasteiger partial charge in [0.05, 0.1) is 0 Å². The number of nitrogens with zero attached hydrogens (tertiary/aromatic N) is 1. The molecule has 3 nitrogen and oxygen atoms in total. The second-order valence-electron chi connectivity index (χ2n) is 5.75. The summed E-state index contributed by atoms with van der Waals surface area (Å²) in [6, 6.07) is 0.472. The van der Waals surface area contributed by atoms with Crippen LogP contribution in [0.15, 0.2) is 4.52 Å². The molecule has 0 radical (unpaired) electrons. The molecule has 1 rings (SSSR count). The third-order valence-electron chi connectivity index (χ3n) is 2.73. The standard InChI is InChI=1S/C14H26N2O/c1-9(2)7-13-14(10(3)4)12(16-17-13)8-15-11(5)6/h9-11,15H,7-8H2,1-6H3. The Balaban J connectivity index is 2.86. The summed E-state index contributed by atoms with van der Waals surface area (Å²) in [5.41, 5.74) is 2.37. The van der Waals surface area contributed by atoms with Crippen LogP contribution in [0.4, 0.5) is 0 Å². The van der Waals surface area contributed by atoms with Crippen LogP contribution in [0.1, 0.15) is 64.5 Å². The first-order chi connectivity index (χ1) is 7.91. The van der Waals surface area contributed by atoms with E-state index in [-0.39, 0.29) is 0 Å². The fourth-order valence-electron chi connectivity index (χ4n) is 1.97.